The monoisotopic (exact) mass is 263 g/mol. The molecular formula is C13H21N5O. The van der Waals surface area contributed by atoms with Crippen molar-refractivity contribution in [2.75, 3.05) is 36.8 Å². The van der Waals surface area contributed by atoms with E-state index in [1.54, 1.807) is 0 Å². The van der Waals surface area contributed by atoms with E-state index in [2.05, 4.69) is 20.6 Å². The van der Waals surface area contributed by atoms with Gasteiger partial charge >= 0.3 is 0 Å². The number of hydrogen-bond acceptors (Lipinski definition) is 5. The first-order valence-corrected chi connectivity index (χ1v) is 6.80. The smallest absolute Gasteiger partial charge is 0.241 e. The number of anilines is 2. The molecule has 0 aromatic carbocycles. The molecule has 104 valence electrons. The molecule has 0 aliphatic carbocycles. The maximum atomic E-state index is 11.9. The first kappa shape index (κ1) is 13.6. The van der Waals surface area contributed by atoms with E-state index in [0.29, 0.717) is 18.2 Å². The van der Waals surface area contributed by atoms with Crippen LogP contribution in [0.4, 0.5) is 11.6 Å². The summed E-state index contributed by atoms with van der Waals surface area (Å²) in [5, 5.41) is 6.22. The Morgan fingerprint density at radius 1 is 1.26 bits per heavy atom. The van der Waals surface area contributed by atoms with Crippen molar-refractivity contribution < 1.29 is 4.79 Å². The molecule has 2 heterocycles. The maximum Gasteiger partial charge on any atom is 0.241 e. The van der Waals surface area contributed by atoms with E-state index in [1.807, 2.05) is 24.8 Å². The van der Waals surface area contributed by atoms with Gasteiger partial charge < -0.3 is 15.5 Å². The summed E-state index contributed by atoms with van der Waals surface area (Å²) >= 11 is 0. The lowest BCUT2D eigenvalue weighted by molar-refractivity contribution is -0.128. The van der Waals surface area contributed by atoms with Gasteiger partial charge in [-0.1, -0.05) is 0 Å². The maximum absolute atomic E-state index is 11.9. The second-order valence-corrected chi connectivity index (χ2v) is 4.66. The van der Waals surface area contributed by atoms with Crippen LogP contribution in [0, 0.1) is 6.92 Å². The minimum atomic E-state index is 0.138. The number of aryl methyl sites for hydroxylation is 1. The van der Waals surface area contributed by atoms with Gasteiger partial charge in [-0.3, -0.25) is 4.79 Å². The molecule has 0 saturated carbocycles. The van der Waals surface area contributed by atoms with Crippen LogP contribution in [0.1, 0.15) is 25.6 Å². The lowest BCUT2D eigenvalue weighted by Crippen LogP contribution is -2.33. The van der Waals surface area contributed by atoms with E-state index >= 15 is 0 Å². The molecule has 0 atom stereocenters. The van der Waals surface area contributed by atoms with Gasteiger partial charge in [0.05, 0.1) is 6.54 Å². The van der Waals surface area contributed by atoms with Crippen molar-refractivity contribution in [2.45, 2.75) is 26.7 Å². The number of carbonyl (C=O) groups is 1. The van der Waals surface area contributed by atoms with Crippen molar-refractivity contribution in [3.05, 3.63) is 11.9 Å². The summed E-state index contributed by atoms with van der Waals surface area (Å²) in [4.78, 5) is 22.4. The fraction of sp³-hybridized carbons (Fsp3) is 0.615. The summed E-state index contributed by atoms with van der Waals surface area (Å²) < 4.78 is 0. The molecule has 1 fully saturated rings. The molecule has 1 aromatic heterocycles. The SMILES string of the molecule is CCNc1cc(NCC(=O)N2CCCC2)nc(C)n1. The highest BCUT2D eigenvalue weighted by Gasteiger charge is 2.17. The Balaban J connectivity index is 1.92. The van der Waals surface area contributed by atoms with E-state index in [1.165, 1.54) is 0 Å². The van der Waals surface area contributed by atoms with Crippen LogP contribution in [-0.4, -0.2) is 47.0 Å². The van der Waals surface area contributed by atoms with Gasteiger partial charge in [-0.15, -0.1) is 0 Å². The molecule has 0 unspecified atom stereocenters. The molecule has 2 N–H and O–H groups in total. The molecule has 0 bridgehead atoms. The third kappa shape index (κ3) is 3.81. The molecule has 2 rings (SSSR count). The number of carbonyl (C=O) groups excluding carboxylic acids is 1. The topological polar surface area (TPSA) is 70.2 Å². The van der Waals surface area contributed by atoms with Crippen molar-refractivity contribution in [3.8, 4) is 0 Å². The van der Waals surface area contributed by atoms with Gasteiger partial charge in [0.15, 0.2) is 0 Å². The van der Waals surface area contributed by atoms with Gasteiger partial charge in [0, 0.05) is 25.7 Å². The predicted molar refractivity (Wildman–Crippen MR) is 75.2 cm³/mol. The Morgan fingerprint density at radius 2 is 1.89 bits per heavy atom. The summed E-state index contributed by atoms with van der Waals surface area (Å²) in [5.74, 6) is 2.30. The van der Waals surface area contributed by atoms with Gasteiger partial charge in [-0.25, -0.2) is 9.97 Å². The molecule has 6 nitrogen and oxygen atoms in total. The van der Waals surface area contributed by atoms with Crippen molar-refractivity contribution >= 4 is 17.5 Å². The standard InChI is InChI=1S/C13H21N5O/c1-3-14-11-8-12(17-10(2)16-11)15-9-13(19)18-6-4-5-7-18/h8H,3-7,9H2,1-2H3,(H2,14,15,16,17). The van der Waals surface area contributed by atoms with Crippen LogP contribution in [0.25, 0.3) is 0 Å². The first-order chi connectivity index (χ1) is 9.19. The van der Waals surface area contributed by atoms with E-state index in [-0.39, 0.29) is 5.91 Å². The van der Waals surface area contributed by atoms with Gasteiger partial charge in [0.25, 0.3) is 0 Å². The highest BCUT2D eigenvalue weighted by atomic mass is 16.2. The van der Waals surface area contributed by atoms with Gasteiger partial charge in [0.2, 0.25) is 5.91 Å². The Kier molecular flexibility index (Phi) is 4.54. The minimum Gasteiger partial charge on any atom is -0.370 e. The largest absolute Gasteiger partial charge is 0.370 e. The van der Waals surface area contributed by atoms with Gasteiger partial charge in [-0.2, -0.15) is 0 Å². The number of rotatable bonds is 5. The fourth-order valence-corrected chi connectivity index (χ4v) is 2.17. The highest BCUT2D eigenvalue weighted by Crippen LogP contribution is 2.12. The van der Waals surface area contributed by atoms with Crippen molar-refractivity contribution in [3.63, 3.8) is 0 Å². The zero-order valence-electron chi connectivity index (χ0n) is 11.6. The number of nitrogens with zero attached hydrogens (tertiary/aromatic N) is 3. The molecular weight excluding hydrogens is 242 g/mol. The Hall–Kier alpha value is -1.85. The molecule has 0 spiro atoms. The van der Waals surface area contributed by atoms with Crippen LogP contribution >= 0.6 is 0 Å². The summed E-state index contributed by atoms with van der Waals surface area (Å²) in [6.45, 7) is 6.72. The molecule has 1 amide bonds. The molecule has 19 heavy (non-hydrogen) atoms. The zero-order chi connectivity index (χ0) is 13.7. The number of aromatic nitrogens is 2. The van der Waals surface area contributed by atoms with E-state index in [4.69, 9.17) is 0 Å². The summed E-state index contributed by atoms with van der Waals surface area (Å²) in [7, 11) is 0. The van der Waals surface area contributed by atoms with Crippen LogP contribution in [0.3, 0.4) is 0 Å². The lowest BCUT2D eigenvalue weighted by atomic mass is 10.4. The van der Waals surface area contributed by atoms with E-state index in [0.717, 1.165) is 38.3 Å². The van der Waals surface area contributed by atoms with E-state index in [9.17, 15) is 4.79 Å². The van der Waals surface area contributed by atoms with Crippen LogP contribution in [0.2, 0.25) is 0 Å². The third-order valence-electron chi connectivity index (χ3n) is 3.08. The van der Waals surface area contributed by atoms with Gasteiger partial charge in [-0.05, 0) is 26.7 Å². The Bertz CT molecular complexity index is 443. The molecule has 1 saturated heterocycles. The normalized spacial score (nSPS) is 14.5. The Labute approximate surface area is 113 Å². The number of amides is 1. The van der Waals surface area contributed by atoms with Crippen molar-refractivity contribution in [1.82, 2.24) is 14.9 Å². The number of likely N-dealkylation sites (tertiary alicyclic amines) is 1. The van der Waals surface area contributed by atoms with Crippen LogP contribution in [-0.2, 0) is 4.79 Å². The third-order valence-corrected chi connectivity index (χ3v) is 3.08. The summed E-state index contributed by atoms with van der Waals surface area (Å²) in [6.07, 6.45) is 2.23. The predicted octanol–water partition coefficient (Wildman–Crippen LogP) is 1.25. The zero-order valence-corrected chi connectivity index (χ0v) is 11.6. The summed E-state index contributed by atoms with van der Waals surface area (Å²) in [5.41, 5.74) is 0. The van der Waals surface area contributed by atoms with Crippen molar-refractivity contribution in [2.24, 2.45) is 0 Å². The van der Waals surface area contributed by atoms with E-state index < -0.39 is 0 Å². The molecule has 1 aliphatic rings. The van der Waals surface area contributed by atoms with Crippen molar-refractivity contribution in [1.29, 1.82) is 0 Å². The minimum absolute atomic E-state index is 0.138. The average Bonchev–Trinajstić information content (AvgIpc) is 2.89. The van der Waals surface area contributed by atoms with Crippen LogP contribution in [0.15, 0.2) is 6.07 Å². The lowest BCUT2D eigenvalue weighted by Gasteiger charge is -2.16. The number of nitrogens with one attached hydrogen (secondary N) is 2. The Morgan fingerprint density at radius 3 is 2.53 bits per heavy atom. The van der Waals surface area contributed by atoms with Crippen LogP contribution < -0.4 is 10.6 Å². The average molecular weight is 263 g/mol. The molecule has 1 aliphatic heterocycles. The second-order valence-electron chi connectivity index (χ2n) is 4.66. The summed E-state index contributed by atoms with van der Waals surface area (Å²) in [6, 6.07) is 1.83. The molecule has 1 aromatic rings. The molecule has 6 heteroatoms. The second kappa shape index (κ2) is 6.36. The highest BCUT2D eigenvalue weighted by molar-refractivity contribution is 5.80. The molecule has 0 radical (unpaired) electrons. The first-order valence-electron chi connectivity index (χ1n) is 6.80. The quantitative estimate of drug-likeness (QED) is 0.836. The fourth-order valence-electron chi connectivity index (χ4n) is 2.17. The van der Waals surface area contributed by atoms with Gasteiger partial charge in [0.1, 0.15) is 17.5 Å². The number of hydrogen-bond donors (Lipinski definition) is 2. The van der Waals surface area contributed by atoms with Crippen LogP contribution in [0.5, 0.6) is 0 Å².